The molecule has 2 aliphatic carbocycles. The third-order valence-corrected chi connectivity index (χ3v) is 6.51. The fraction of sp³-hybridized carbons (Fsp3) is 0.889. The number of fused-ring (bicyclic) bond motifs is 2. The van der Waals surface area contributed by atoms with E-state index >= 15 is 0 Å². The van der Waals surface area contributed by atoms with E-state index in [1.54, 1.807) is 4.90 Å². The first kappa shape index (κ1) is 16.8. The minimum Gasteiger partial charge on any atom is -0.446 e. The molecule has 1 N–H and O–H groups in total. The summed E-state index contributed by atoms with van der Waals surface area (Å²) in [6.07, 6.45) is 8.32. The maximum Gasteiger partial charge on any atom is 0.410 e. The summed E-state index contributed by atoms with van der Waals surface area (Å²) >= 11 is 0. The average Bonchev–Trinajstić information content (AvgIpc) is 3.36. The number of carbonyl (C=O) groups is 2. The van der Waals surface area contributed by atoms with Crippen molar-refractivity contribution in [1.29, 1.82) is 0 Å². The van der Waals surface area contributed by atoms with Gasteiger partial charge >= 0.3 is 12.1 Å². The number of ether oxygens (including phenoxy) is 3. The number of likely N-dealkylation sites (tertiary alicyclic amines) is 1. The molecule has 5 rings (SSSR count). The van der Waals surface area contributed by atoms with Crippen LogP contribution in [0, 0.1) is 5.92 Å². The molecule has 0 aromatic rings. The van der Waals surface area contributed by atoms with Gasteiger partial charge in [-0.25, -0.2) is 9.59 Å². The van der Waals surface area contributed by atoms with Gasteiger partial charge in [-0.1, -0.05) is 6.42 Å². The highest BCUT2D eigenvalue weighted by atomic mass is 16.9. The zero-order valence-corrected chi connectivity index (χ0v) is 14.9. The van der Waals surface area contributed by atoms with Crippen LogP contribution in [0.5, 0.6) is 0 Å². The number of nitrogens with one attached hydrogen (secondary N) is 1. The predicted octanol–water partition coefficient (Wildman–Crippen LogP) is 1.83. The molecule has 26 heavy (non-hydrogen) atoms. The Kier molecular flexibility index (Phi) is 3.92. The zero-order valence-electron chi connectivity index (χ0n) is 14.9. The molecule has 0 bridgehead atoms. The molecule has 3 atom stereocenters. The molecule has 8 heteroatoms. The van der Waals surface area contributed by atoms with Crippen LogP contribution in [-0.4, -0.2) is 53.8 Å². The fourth-order valence-corrected chi connectivity index (χ4v) is 5.08. The van der Waals surface area contributed by atoms with E-state index in [1.165, 1.54) is 0 Å². The van der Waals surface area contributed by atoms with Crippen LogP contribution in [-0.2, 0) is 23.8 Å². The second kappa shape index (κ2) is 6.07. The lowest BCUT2D eigenvalue weighted by atomic mass is 9.93. The van der Waals surface area contributed by atoms with E-state index < -0.39 is 17.5 Å². The van der Waals surface area contributed by atoms with Crippen LogP contribution in [0.15, 0.2) is 0 Å². The Morgan fingerprint density at radius 3 is 2.65 bits per heavy atom. The molecule has 5 fully saturated rings. The van der Waals surface area contributed by atoms with Crippen molar-refractivity contribution in [2.75, 3.05) is 13.1 Å². The van der Waals surface area contributed by atoms with Gasteiger partial charge in [0, 0.05) is 25.9 Å². The number of amides is 1. The smallest absolute Gasteiger partial charge is 0.410 e. The van der Waals surface area contributed by atoms with Crippen molar-refractivity contribution in [3.05, 3.63) is 0 Å². The normalized spacial score (nSPS) is 38.9. The first-order valence-corrected chi connectivity index (χ1v) is 9.93. The van der Waals surface area contributed by atoms with E-state index in [0.717, 1.165) is 44.9 Å². The van der Waals surface area contributed by atoms with Crippen LogP contribution in [0.25, 0.3) is 0 Å². The molecule has 2 saturated carbocycles. The number of carbonyl (C=O) groups excluding carboxylic acids is 2. The van der Waals surface area contributed by atoms with Gasteiger partial charge in [0.1, 0.15) is 6.10 Å². The van der Waals surface area contributed by atoms with E-state index in [2.05, 4.69) is 5.48 Å². The molecule has 0 radical (unpaired) electrons. The summed E-state index contributed by atoms with van der Waals surface area (Å²) < 4.78 is 17.5. The second-order valence-electron chi connectivity index (χ2n) is 8.26. The highest BCUT2D eigenvalue weighted by molar-refractivity contribution is 5.81. The molecule has 3 heterocycles. The SMILES string of the molecule is O=C(OC1CCCC1)N1C[C@H]2NOC3(OC4(CCCCC4)OC3=O)[C@H]2C1. The van der Waals surface area contributed by atoms with Crippen molar-refractivity contribution in [3.8, 4) is 0 Å². The lowest BCUT2D eigenvalue weighted by molar-refractivity contribution is -0.282. The number of nitrogens with zero attached hydrogens (tertiary/aromatic N) is 1. The van der Waals surface area contributed by atoms with E-state index in [4.69, 9.17) is 19.0 Å². The summed E-state index contributed by atoms with van der Waals surface area (Å²) in [5.74, 6) is -3.05. The number of hydrogen-bond donors (Lipinski definition) is 1. The van der Waals surface area contributed by atoms with E-state index in [-0.39, 0.29) is 24.2 Å². The average molecular weight is 366 g/mol. The topological polar surface area (TPSA) is 86.3 Å². The van der Waals surface area contributed by atoms with Crippen LogP contribution in [0.1, 0.15) is 57.8 Å². The summed E-state index contributed by atoms with van der Waals surface area (Å²) in [5.41, 5.74) is 2.91. The molecule has 1 unspecified atom stereocenters. The Morgan fingerprint density at radius 2 is 1.88 bits per heavy atom. The Hall–Kier alpha value is -1.38. The highest BCUT2D eigenvalue weighted by Gasteiger charge is 2.69. The summed E-state index contributed by atoms with van der Waals surface area (Å²) in [4.78, 5) is 32.5. The molecule has 0 aromatic carbocycles. The summed E-state index contributed by atoms with van der Waals surface area (Å²) in [7, 11) is 0. The van der Waals surface area contributed by atoms with Crippen molar-refractivity contribution in [1.82, 2.24) is 10.4 Å². The van der Waals surface area contributed by atoms with Crippen molar-refractivity contribution in [2.24, 2.45) is 5.92 Å². The minimum atomic E-state index is -1.44. The fourth-order valence-electron chi connectivity index (χ4n) is 5.08. The first-order valence-electron chi connectivity index (χ1n) is 9.93. The number of hydroxylamine groups is 1. The quantitative estimate of drug-likeness (QED) is 0.709. The third kappa shape index (κ3) is 2.53. The zero-order chi connectivity index (χ0) is 17.8. The van der Waals surface area contributed by atoms with Gasteiger partial charge in [-0.15, -0.1) is 0 Å². The predicted molar refractivity (Wildman–Crippen MR) is 87.5 cm³/mol. The Balaban J connectivity index is 1.29. The number of rotatable bonds is 1. The first-order chi connectivity index (χ1) is 12.6. The third-order valence-electron chi connectivity index (χ3n) is 6.51. The molecule has 3 aliphatic heterocycles. The largest absolute Gasteiger partial charge is 0.446 e. The van der Waals surface area contributed by atoms with Crippen LogP contribution >= 0.6 is 0 Å². The number of esters is 1. The van der Waals surface area contributed by atoms with Gasteiger partial charge in [-0.3, -0.25) is 9.57 Å². The molecule has 0 aromatic heterocycles. The van der Waals surface area contributed by atoms with Gasteiger partial charge in [0.2, 0.25) is 5.79 Å². The minimum absolute atomic E-state index is 0.0271. The molecule has 2 spiro atoms. The van der Waals surface area contributed by atoms with Crippen LogP contribution in [0.2, 0.25) is 0 Å². The van der Waals surface area contributed by atoms with E-state index in [0.29, 0.717) is 25.9 Å². The Morgan fingerprint density at radius 1 is 1.12 bits per heavy atom. The Labute approximate surface area is 152 Å². The van der Waals surface area contributed by atoms with Crippen molar-refractivity contribution in [3.63, 3.8) is 0 Å². The summed E-state index contributed by atoms with van der Waals surface area (Å²) in [6.45, 7) is 0.815. The molecule has 3 saturated heterocycles. The standard InChI is InChI=1S/C18H26N2O6/c21-15-18(25-17(24-15)8-4-1-5-9-17)13-10-20(11-14(13)19-26-18)16(22)23-12-6-2-3-7-12/h12-14,19H,1-11H2/t13-,14+,18?/m0/s1. The van der Waals surface area contributed by atoms with Crippen LogP contribution in [0.4, 0.5) is 4.79 Å². The van der Waals surface area contributed by atoms with Crippen LogP contribution < -0.4 is 5.48 Å². The van der Waals surface area contributed by atoms with Gasteiger partial charge in [-0.05, 0) is 38.5 Å². The van der Waals surface area contributed by atoms with Crippen molar-refractivity contribution >= 4 is 12.1 Å². The van der Waals surface area contributed by atoms with Crippen molar-refractivity contribution < 1.29 is 28.6 Å². The van der Waals surface area contributed by atoms with Crippen LogP contribution in [0.3, 0.4) is 0 Å². The second-order valence-corrected chi connectivity index (χ2v) is 8.26. The van der Waals surface area contributed by atoms with Gasteiger partial charge in [0.15, 0.2) is 0 Å². The summed E-state index contributed by atoms with van der Waals surface area (Å²) in [6, 6.07) is -0.155. The molecular weight excluding hydrogens is 340 g/mol. The van der Waals surface area contributed by atoms with Crippen molar-refractivity contribution in [2.45, 2.75) is 81.5 Å². The van der Waals surface area contributed by atoms with E-state index in [1.807, 2.05) is 0 Å². The van der Waals surface area contributed by atoms with Gasteiger partial charge in [-0.2, -0.15) is 5.48 Å². The molecule has 5 aliphatic rings. The highest BCUT2D eigenvalue weighted by Crippen LogP contribution is 2.49. The molecule has 1 amide bonds. The van der Waals surface area contributed by atoms with Gasteiger partial charge in [0.25, 0.3) is 5.79 Å². The Bertz CT molecular complexity index is 600. The van der Waals surface area contributed by atoms with Gasteiger partial charge < -0.3 is 14.4 Å². The van der Waals surface area contributed by atoms with E-state index in [9.17, 15) is 9.59 Å². The maximum atomic E-state index is 12.7. The number of hydrogen-bond acceptors (Lipinski definition) is 7. The lowest BCUT2D eigenvalue weighted by Gasteiger charge is -2.32. The summed E-state index contributed by atoms with van der Waals surface area (Å²) in [5, 5.41) is 0. The molecular formula is C18H26N2O6. The maximum absolute atomic E-state index is 12.7. The van der Waals surface area contributed by atoms with Gasteiger partial charge in [0.05, 0.1) is 12.0 Å². The lowest BCUT2D eigenvalue weighted by Crippen LogP contribution is -2.47. The monoisotopic (exact) mass is 366 g/mol. The molecule has 144 valence electrons. The molecule has 8 nitrogen and oxygen atoms in total.